The van der Waals surface area contributed by atoms with Crippen molar-refractivity contribution in [2.45, 2.75) is 38.2 Å². The van der Waals surface area contributed by atoms with E-state index in [4.69, 9.17) is 4.74 Å². The topological polar surface area (TPSA) is 29.5 Å². The zero-order valence-electron chi connectivity index (χ0n) is 9.91. The fourth-order valence-electron chi connectivity index (χ4n) is 2.33. The molecule has 0 radical (unpaired) electrons. The molecule has 88 valence electrons. The van der Waals surface area contributed by atoms with Gasteiger partial charge in [0.15, 0.2) is 0 Å². The number of rotatable bonds is 2. The van der Waals surface area contributed by atoms with Gasteiger partial charge in [-0.25, -0.2) is 0 Å². The molecule has 16 heavy (non-hydrogen) atoms. The monoisotopic (exact) mass is 220 g/mol. The summed E-state index contributed by atoms with van der Waals surface area (Å²) < 4.78 is 5.40. The van der Waals surface area contributed by atoms with Crippen LogP contribution in [0.5, 0.6) is 0 Å². The first-order valence-corrected chi connectivity index (χ1v) is 6.04. The molecule has 0 aliphatic carbocycles. The van der Waals surface area contributed by atoms with Crippen molar-refractivity contribution in [2.75, 3.05) is 13.2 Å². The van der Waals surface area contributed by atoms with E-state index < -0.39 is 5.60 Å². The number of ether oxygens (including phenoxy) is 1. The molecule has 0 bridgehead atoms. The van der Waals surface area contributed by atoms with Gasteiger partial charge in [-0.15, -0.1) is 0 Å². The highest BCUT2D eigenvalue weighted by atomic mass is 16.5. The third kappa shape index (κ3) is 2.83. The number of aryl methyl sites for hydroxylation is 1. The van der Waals surface area contributed by atoms with E-state index in [0.717, 1.165) is 32.3 Å². The first-order valence-electron chi connectivity index (χ1n) is 6.04. The molecule has 1 N–H and O–H groups in total. The van der Waals surface area contributed by atoms with Crippen LogP contribution in [-0.4, -0.2) is 23.9 Å². The zero-order chi connectivity index (χ0) is 11.4. The molecule has 0 amide bonds. The highest BCUT2D eigenvalue weighted by Crippen LogP contribution is 2.26. The smallest absolute Gasteiger partial charge is 0.0710 e. The number of hydrogen-bond donors (Lipinski definition) is 1. The molecule has 1 atom stereocenters. The van der Waals surface area contributed by atoms with E-state index in [0.29, 0.717) is 6.61 Å². The lowest BCUT2D eigenvalue weighted by molar-refractivity contribution is 0.0187. The highest BCUT2D eigenvalue weighted by Gasteiger charge is 2.28. The van der Waals surface area contributed by atoms with Gasteiger partial charge in [0.25, 0.3) is 0 Å². The van der Waals surface area contributed by atoms with Gasteiger partial charge < -0.3 is 9.84 Å². The SMILES string of the molecule is Cc1ccccc1CC1(O)CCCOCC1. The predicted octanol–water partition coefficient (Wildman–Crippen LogP) is 2.47. The minimum atomic E-state index is -0.567. The van der Waals surface area contributed by atoms with E-state index in [-0.39, 0.29) is 0 Å². The second-order valence-electron chi connectivity index (χ2n) is 4.79. The number of benzene rings is 1. The Bertz CT molecular complexity index is 338. The van der Waals surface area contributed by atoms with Gasteiger partial charge in [0, 0.05) is 19.6 Å². The summed E-state index contributed by atoms with van der Waals surface area (Å²) in [6, 6.07) is 8.29. The first kappa shape index (κ1) is 11.6. The van der Waals surface area contributed by atoms with Crippen molar-refractivity contribution in [2.24, 2.45) is 0 Å². The Balaban J connectivity index is 2.10. The molecular formula is C14H20O2. The predicted molar refractivity (Wildman–Crippen MR) is 64.5 cm³/mol. The van der Waals surface area contributed by atoms with Gasteiger partial charge in [0.2, 0.25) is 0 Å². The molecule has 1 aromatic carbocycles. The van der Waals surface area contributed by atoms with Crippen molar-refractivity contribution in [3.63, 3.8) is 0 Å². The molecule has 1 saturated heterocycles. The summed E-state index contributed by atoms with van der Waals surface area (Å²) >= 11 is 0. The molecule has 2 rings (SSSR count). The Morgan fingerprint density at radius 1 is 1.25 bits per heavy atom. The highest BCUT2D eigenvalue weighted by molar-refractivity contribution is 5.27. The van der Waals surface area contributed by atoms with Crippen LogP contribution in [0.25, 0.3) is 0 Å². The minimum Gasteiger partial charge on any atom is -0.389 e. The number of hydrogen-bond acceptors (Lipinski definition) is 2. The molecule has 0 saturated carbocycles. The fourth-order valence-corrected chi connectivity index (χ4v) is 2.33. The lowest BCUT2D eigenvalue weighted by Crippen LogP contribution is -2.32. The molecule has 1 unspecified atom stereocenters. The van der Waals surface area contributed by atoms with E-state index in [1.165, 1.54) is 11.1 Å². The Kier molecular flexibility index (Phi) is 3.62. The van der Waals surface area contributed by atoms with Crippen LogP contribution >= 0.6 is 0 Å². The molecule has 1 fully saturated rings. The van der Waals surface area contributed by atoms with Gasteiger partial charge in [0.05, 0.1) is 5.60 Å². The van der Waals surface area contributed by atoms with Crippen molar-refractivity contribution in [1.82, 2.24) is 0 Å². The van der Waals surface area contributed by atoms with Crippen LogP contribution in [0.2, 0.25) is 0 Å². The molecule has 2 heteroatoms. The second-order valence-corrected chi connectivity index (χ2v) is 4.79. The van der Waals surface area contributed by atoms with Crippen LogP contribution in [0.3, 0.4) is 0 Å². The summed E-state index contributed by atoms with van der Waals surface area (Å²) in [7, 11) is 0. The van der Waals surface area contributed by atoms with Crippen molar-refractivity contribution in [3.05, 3.63) is 35.4 Å². The molecule has 1 aliphatic heterocycles. The normalized spacial score (nSPS) is 26.4. The maximum atomic E-state index is 10.5. The Labute approximate surface area is 97.3 Å². The van der Waals surface area contributed by atoms with Gasteiger partial charge >= 0.3 is 0 Å². The first-order chi connectivity index (χ1) is 7.70. The molecule has 0 aromatic heterocycles. The Hall–Kier alpha value is -0.860. The molecule has 1 aliphatic rings. The van der Waals surface area contributed by atoms with Gasteiger partial charge in [0.1, 0.15) is 0 Å². The molecule has 1 heterocycles. The third-order valence-corrected chi connectivity index (χ3v) is 3.42. The van der Waals surface area contributed by atoms with Gasteiger partial charge in [-0.3, -0.25) is 0 Å². The average molecular weight is 220 g/mol. The quantitative estimate of drug-likeness (QED) is 0.829. The summed E-state index contributed by atoms with van der Waals surface area (Å²) in [6.45, 7) is 3.57. The van der Waals surface area contributed by atoms with Crippen LogP contribution < -0.4 is 0 Å². The van der Waals surface area contributed by atoms with Gasteiger partial charge in [-0.1, -0.05) is 24.3 Å². The average Bonchev–Trinajstić information content (AvgIpc) is 2.47. The molecule has 2 nitrogen and oxygen atoms in total. The van der Waals surface area contributed by atoms with Crippen LogP contribution in [-0.2, 0) is 11.2 Å². The Morgan fingerprint density at radius 2 is 2.06 bits per heavy atom. The van der Waals surface area contributed by atoms with Crippen molar-refractivity contribution >= 4 is 0 Å². The summed E-state index contributed by atoms with van der Waals surface area (Å²) in [5, 5.41) is 10.5. The summed E-state index contributed by atoms with van der Waals surface area (Å²) in [4.78, 5) is 0. The van der Waals surface area contributed by atoms with E-state index in [1.54, 1.807) is 0 Å². The van der Waals surface area contributed by atoms with Gasteiger partial charge in [-0.2, -0.15) is 0 Å². The molecule has 0 spiro atoms. The third-order valence-electron chi connectivity index (χ3n) is 3.42. The van der Waals surface area contributed by atoms with Crippen LogP contribution in [0.1, 0.15) is 30.4 Å². The standard InChI is InChI=1S/C14H20O2/c1-12-5-2-3-6-13(12)11-14(15)7-4-9-16-10-8-14/h2-3,5-6,15H,4,7-11H2,1H3. The van der Waals surface area contributed by atoms with Crippen LogP contribution in [0.4, 0.5) is 0 Å². The van der Waals surface area contributed by atoms with Crippen molar-refractivity contribution in [3.8, 4) is 0 Å². The maximum Gasteiger partial charge on any atom is 0.0710 e. The Morgan fingerprint density at radius 3 is 2.88 bits per heavy atom. The second kappa shape index (κ2) is 4.98. The number of aliphatic hydroxyl groups is 1. The zero-order valence-corrected chi connectivity index (χ0v) is 9.91. The van der Waals surface area contributed by atoms with Gasteiger partial charge in [-0.05, 0) is 37.3 Å². The maximum absolute atomic E-state index is 10.5. The van der Waals surface area contributed by atoms with Crippen molar-refractivity contribution in [1.29, 1.82) is 0 Å². The lowest BCUT2D eigenvalue weighted by atomic mass is 9.86. The molecular weight excluding hydrogens is 200 g/mol. The van der Waals surface area contributed by atoms with E-state index in [1.807, 2.05) is 12.1 Å². The fraction of sp³-hybridized carbons (Fsp3) is 0.571. The largest absolute Gasteiger partial charge is 0.389 e. The summed E-state index contributed by atoms with van der Waals surface area (Å²) in [6.07, 6.45) is 3.31. The molecule has 1 aromatic rings. The van der Waals surface area contributed by atoms with E-state index >= 15 is 0 Å². The summed E-state index contributed by atoms with van der Waals surface area (Å²) in [5.41, 5.74) is 1.95. The summed E-state index contributed by atoms with van der Waals surface area (Å²) in [5.74, 6) is 0. The van der Waals surface area contributed by atoms with Crippen LogP contribution in [0, 0.1) is 6.92 Å². The van der Waals surface area contributed by atoms with Crippen LogP contribution in [0.15, 0.2) is 24.3 Å². The van der Waals surface area contributed by atoms with Crippen molar-refractivity contribution < 1.29 is 9.84 Å². The lowest BCUT2D eigenvalue weighted by Gasteiger charge is -2.26. The minimum absolute atomic E-state index is 0.567. The van der Waals surface area contributed by atoms with E-state index in [2.05, 4.69) is 19.1 Å². The van der Waals surface area contributed by atoms with E-state index in [9.17, 15) is 5.11 Å².